The summed E-state index contributed by atoms with van der Waals surface area (Å²) in [7, 11) is 0. The lowest BCUT2D eigenvalue weighted by Crippen LogP contribution is -2.35. The third-order valence-corrected chi connectivity index (χ3v) is 4.72. The highest BCUT2D eigenvalue weighted by molar-refractivity contribution is 5.82. The Balaban J connectivity index is 1.44. The molecule has 0 amide bonds. The molecule has 3 heterocycles. The van der Waals surface area contributed by atoms with Gasteiger partial charge in [0.05, 0.1) is 0 Å². The fraction of sp³-hybridized carbons (Fsp3) is 0.444. The number of H-pyrrole nitrogens is 1. The Kier molecular flexibility index (Phi) is 3.87. The van der Waals surface area contributed by atoms with Crippen molar-refractivity contribution in [2.75, 3.05) is 13.1 Å². The highest BCUT2D eigenvalue weighted by Gasteiger charge is 2.22. The number of benzene rings is 1. The molecule has 5 nitrogen and oxygen atoms in total. The molecule has 1 aliphatic rings. The minimum Gasteiger partial charge on any atom is -0.361 e. The van der Waals surface area contributed by atoms with Gasteiger partial charge in [-0.25, -0.2) is 0 Å². The van der Waals surface area contributed by atoms with E-state index >= 15 is 0 Å². The first kappa shape index (κ1) is 14.5. The number of aromatic nitrogens is 3. The molecule has 1 fully saturated rings. The maximum Gasteiger partial charge on any atom is 0.223 e. The van der Waals surface area contributed by atoms with Crippen LogP contribution in [-0.4, -0.2) is 33.1 Å². The largest absolute Gasteiger partial charge is 0.361 e. The minimum atomic E-state index is 0.617. The standard InChI is InChI=1S/C18H22N4O/c1-13-20-18(21-23-13)10-14-4-3-9-22(11-14)12-15-5-2-6-17-16(15)7-8-19-17/h2,5-8,14,19H,3-4,9-12H2,1H3. The zero-order valence-corrected chi connectivity index (χ0v) is 13.5. The van der Waals surface area contributed by atoms with E-state index in [0.717, 1.165) is 25.3 Å². The first-order chi connectivity index (χ1) is 11.3. The van der Waals surface area contributed by atoms with Gasteiger partial charge < -0.3 is 9.51 Å². The third-order valence-electron chi connectivity index (χ3n) is 4.72. The number of nitrogens with one attached hydrogen (secondary N) is 1. The lowest BCUT2D eigenvalue weighted by Gasteiger charge is -2.32. The van der Waals surface area contributed by atoms with Gasteiger partial charge in [0.15, 0.2) is 5.82 Å². The highest BCUT2D eigenvalue weighted by Crippen LogP contribution is 2.24. The van der Waals surface area contributed by atoms with Crippen molar-refractivity contribution in [3.63, 3.8) is 0 Å². The molecule has 1 unspecified atom stereocenters. The summed E-state index contributed by atoms with van der Waals surface area (Å²) in [5.41, 5.74) is 2.62. The van der Waals surface area contributed by atoms with Crippen LogP contribution in [0.15, 0.2) is 35.0 Å². The summed E-state index contributed by atoms with van der Waals surface area (Å²) >= 11 is 0. The Morgan fingerprint density at radius 2 is 2.30 bits per heavy atom. The van der Waals surface area contributed by atoms with Gasteiger partial charge in [-0.1, -0.05) is 17.3 Å². The van der Waals surface area contributed by atoms with Crippen molar-refractivity contribution in [1.29, 1.82) is 0 Å². The second kappa shape index (κ2) is 6.16. The number of aromatic amines is 1. The van der Waals surface area contributed by atoms with Crippen LogP contribution in [0.5, 0.6) is 0 Å². The molecule has 23 heavy (non-hydrogen) atoms. The van der Waals surface area contributed by atoms with Gasteiger partial charge in [-0.05, 0) is 43.0 Å². The fourth-order valence-corrected chi connectivity index (χ4v) is 3.67. The second-order valence-corrected chi connectivity index (χ2v) is 6.53. The van der Waals surface area contributed by atoms with E-state index in [2.05, 4.69) is 44.3 Å². The summed E-state index contributed by atoms with van der Waals surface area (Å²) in [5.74, 6) is 2.13. The van der Waals surface area contributed by atoms with Crippen molar-refractivity contribution in [2.45, 2.75) is 32.7 Å². The number of fused-ring (bicyclic) bond motifs is 1. The van der Waals surface area contributed by atoms with Crippen LogP contribution in [0.3, 0.4) is 0 Å². The van der Waals surface area contributed by atoms with Crippen molar-refractivity contribution in [3.05, 3.63) is 47.7 Å². The second-order valence-electron chi connectivity index (χ2n) is 6.53. The predicted octanol–water partition coefficient (Wildman–Crippen LogP) is 3.31. The molecule has 0 saturated carbocycles. The Morgan fingerprint density at radius 1 is 1.35 bits per heavy atom. The van der Waals surface area contributed by atoms with E-state index in [1.807, 2.05) is 13.1 Å². The van der Waals surface area contributed by atoms with E-state index < -0.39 is 0 Å². The SMILES string of the molecule is Cc1nc(CC2CCCN(Cc3cccc4[nH]ccc34)C2)no1. The van der Waals surface area contributed by atoms with Crippen molar-refractivity contribution in [1.82, 2.24) is 20.0 Å². The highest BCUT2D eigenvalue weighted by atomic mass is 16.5. The summed E-state index contributed by atoms with van der Waals surface area (Å²) in [6.45, 7) is 5.13. The van der Waals surface area contributed by atoms with Gasteiger partial charge >= 0.3 is 0 Å². The van der Waals surface area contributed by atoms with Gasteiger partial charge in [-0.2, -0.15) is 4.98 Å². The molecule has 1 aliphatic heterocycles. The van der Waals surface area contributed by atoms with Gasteiger partial charge in [-0.3, -0.25) is 4.90 Å². The van der Waals surface area contributed by atoms with E-state index in [4.69, 9.17) is 4.52 Å². The molecular weight excluding hydrogens is 288 g/mol. The molecule has 4 rings (SSSR count). The summed E-state index contributed by atoms with van der Waals surface area (Å²) in [6.07, 6.45) is 5.43. The van der Waals surface area contributed by atoms with E-state index in [9.17, 15) is 0 Å². The maximum atomic E-state index is 5.09. The molecule has 5 heteroatoms. The van der Waals surface area contributed by atoms with E-state index in [-0.39, 0.29) is 0 Å². The Hall–Kier alpha value is -2.14. The normalized spacial score (nSPS) is 19.4. The average Bonchev–Trinajstić information content (AvgIpc) is 3.17. The van der Waals surface area contributed by atoms with Crippen molar-refractivity contribution in [3.8, 4) is 0 Å². The van der Waals surface area contributed by atoms with Crippen molar-refractivity contribution >= 4 is 10.9 Å². The minimum absolute atomic E-state index is 0.617. The lowest BCUT2D eigenvalue weighted by molar-refractivity contribution is 0.165. The summed E-state index contributed by atoms with van der Waals surface area (Å²) in [4.78, 5) is 10.2. The molecule has 0 bridgehead atoms. The number of rotatable bonds is 4. The van der Waals surface area contributed by atoms with Crippen LogP contribution >= 0.6 is 0 Å². The van der Waals surface area contributed by atoms with Crippen LogP contribution in [0.25, 0.3) is 10.9 Å². The fourth-order valence-electron chi connectivity index (χ4n) is 3.67. The molecule has 1 N–H and O–H groups in total. The third kappa shape index (κ3) is 3.15. The number of hydrogen-bond acceptors (Lipinski definition) is 4. The molecule has 3 aromatic rings. The summed E-state index contributed by atoms with van der Waals surface area (Å²) in [5, 5.41) is 5.38. The van der Waals surface area contributed by atoms with Crippen LogP contribution < -0.4 is 0 Å². The van der Waals surface area contributed by atoms with E-state index in [1.54, 1.807) is 0 Å². The van der Waals surface area contributed by atoms with Crippen LogP contribution in [0.2, 0.25) is 0 Å². The van der Waals surface area contributed by atoms with E-state index in [0.29, 0.717) is 11.8 Å². The van der Waals surface area contributed by atoms with Gasteiger partial charge in [0.25, 0.3) is 0 Å². The number of likely N-dealkylation sites (tertiary alicyclic amines) is 1. The van der Waals surface area contributed by atoms with Crippen LogP contribution in [0, 0.1) is 12.8 Å². The van der Waals surface area contributed by atoms with Crippen molar-refractivity contribution in [2.24, 2.45) is 5.92 Å². The molecule has 1 atom stereocenters. The maximum absolute atomic E-state index is 5.09. The molecule has 120 valence electrons. The first-order valence-electron chi connectivity index (χ1n) is 8.34. The Morgan fingerprint density at radius 3 is 3.17 bits per heavy atom. The van der Waals surface area contributed by atoms with Gasteiger partial charge in [0, 0.05) is 43.5 Å². The number of piperidine rings is 1. The number of nitrogens with zero attached hydrogens (tertiary/aromatic N) is 3. The summed E-state index contributed by atoms with van der Waals surface area (Å²) < 4.78 is 5.09. The lowest BCUT2D eigenvalue weighted by atomic mass is 9.94. The monoisotopic (exact) mass is 310 g/mol. The molecule has 0 radical (unpaired) electrons. The number of hydrogen-bond donors (Lipinski definition) is 1. The quantitative estimate of drug-likeness (QED) is 0.803. The Labute approximate surface area is 135 Å². The Bertz CT molecular complexity index is 791. The molecule has 2 aromatic heterocycles. The van der Waals surface area contributed by atoms with Crippen LogP contribution in [0.4, 0.5) is 0 Å². The molecule has 0 spiro atoms. The van der Waals surface area contributed by atoms with Crippen LogP contribution in [-0.2, 0) is 13.0 Å². The smallest absolute Gasteiger partial charge is 0.223 e. The van der Waals surface area contributed by atoms with E-state index in [1.165, 1.54) is 35.9 Å². The van der Waals surface area contributed by atoms with Crippen molar-refractivity contribution < 1.29 is 4.52 Å². The van der Waals surface area contributed by atoms with Gasteiger partial charge in [0.2, 0.25) is 5.89 Å². The van der Waals surface area contributed by atoms with Crippen LogP contribution in [0.1, 0.15) is 30.1 Å². The topological polar surface area (TPSA) is 58.0 Å². The zero-order valence-electron chi connectivity index (χ0n) is 13.5. The molecule has 1 saturated heterocycles. The molecular formula is C18H22N4O. The zero-order chi connectivity index (χ0) is 15.6. The number of aryl methyl sites for hydroxylation is 1. The molecule has 0 aliphatic carbocycles. The summed E-state index contributed by atoms with van der Waals surface area (Å²) in [6, 6.07) is 8.69. The predicted molar refractivity (Wildman–Crippen MR) is 89.0 cm³/mol. The van der Waals surface area contributed by atoms with Gasteiger partial charge in [0.1, 0.15) is 0 Å². The first-order valence-corrected chi connectivity index (χ1v) is 8.34. The average molecular weight is 310 g/mol. The van der Waals surface area contributed by atoms with Gasteiger partial charge in [-0.15, -0.1) is 0 Å². The molecule has 1 aromatic carbocycles.